The van der Waals surface area contributed by atoms with Crippen molar-refractivity contribution in [1.82, 2.24) is 10.1 Å². The molecule has 1 aliphatic rings. The Hall–Kier alpha value is -3.63. The summed E-state index contributed by atoms with van der Waals surface area (Å²) < 4.78 is 33.1. The van der Waals surface area contributed by atoms with Crippen molar-refractivity contribution in [1.29, 1.82) is 0 Å². The van der Waals surface area contributed by atoms with E-state index >= 15 is 0 Å². The third-order valence-electron chi connectivity index (χ3n) is 5.52. The average Bonchev–Trinajstić information content (AvgIpc) is 3.32. The van der Waals surface area contributed by atoms with E-state index in [0.29, 0.717) is 17.1 Å². The molecule has 8 nitrogen and oxygen atoms in total. The SMILES string of the molecule is CSc1ccc(-c2noc(CN3C(=O)N(c4ccccc4C)S(=O)(=O)c4ccccc43)n2)cc1. The molecule has 0 atom stereocenters. The van der Waals surface area contributed by atoms with Crippen LogP contribution in [-0.4, -0.2) is 30.8 Å². The van der Waals surface area contributed by atoms with Crippen LogP contribution >= 0.6 is 11.8 Å². The molecule has 0 saturated carbocycles. The van der Waals surface area contributed by atoms with Crippen molar-refractivity contribution in [2.24, 2.45) is 0 Å². The van der Waals surface area contributed by atoms with Gasteiger partial charge in [-0.25, -0.2) is 13.2 Å². The molecule has 2 heterocycles. The number of aryl methyl sites for hydroxylation is 1. The summed E-state index contributed by atoms with van der Waals surface area (Å²) in [5.41, 5.74) is 2.00. The Bertz CT molecular complexity index is 1480. The van der Waals surface area contributed by atoms with E-state index < -0.39 is 16.1 Å². The van der Waals surface area contributed by atoms with Crippen LogP contribution < -0.4 is 9.21 Å². The van der Waals surface area contributed by atoms with E-state index in [-0.39, 0.29) is 23.0 Å². The van der Waals surface area contributed by atoms with E-state index in [1.807, 2.05) is 30.5 Å². The standard InChI is InChI=1S/C24H20N4O4S2/c1-16-7-3-4-8-19(16)28-24(29)27(20-9-5-6-10-21(20)34(28,30)31)15-22-25-23(26-32-22)17-11-13-18(33-2)14-12-17/h3-14H,15H2,1-2H3. The number of hydrogen-bond acceptors (Lipinski definition) is 7. The predicted octanol–water partition coefficient (Wildman–Crippen LogP) is 5.10. The van der Waals surface area contributed by atoms with Crippen molar-refractivity contribution in [3.8, 4) is 11.4 Å². The van der Waals surface area contributed by atoms with Crippen LogP contribution in [0.15, 0.2) is 87.1 Å². The molecule has 0 N–H and O–H groups in total. The minimum Gasteiger partial charge on any atom is -0.337 e. The molecule has 0 saturated heterocycles. The van der Waals surface area contributed by atoms with E-state index in [4.69, 9.17) is 4.52 Å². The van der Waals surface area contributed by atoms with Gasteiger partial charge in [-0.15, -0.1) is 11.8 Å². The first-order valence-corrected chi connectivity index (χ1v) is 13.0. The second-order valence-electron chi connectivity index (χ2n) is 7.63. The van der Waals surface area contributed by atoms with Crippen LogP contribution in [0.2, 0.25) is 0 Å². The van der Waals surface area contributed by atoms with Crippen molar-refractivity contribution in [3.63, 3.8) is 0 Å². The molecular weight excluding hydrogens is 472 g/mol. The number of fused-ring (bicyclic) bond motifs is 1. The summed E-state index contributed by atoms with van der Waals surface area (Å²) >= 11 is 1.63. The first-order chi connectivity index (χ1) is 16.4. The van der Waals surface area contributed by atoms with Gasteiger partial charge >= 0.3 is 6.03 Å². The van der Waals surface area contributed by atoms with Crippen molar-refractivity contribution >= 4 is 39.2 Å². The lowest BCUT2D eigenvalue weighted by Crippen LogP contribution is -2.51. The van der Waals surface area contributed by atoms with E-state index in [1.54, 1.807) is 61.2 Å². The van der Waals surface area contributed by atoms with E-state index in [0.717, 1.165) is 14.8 Å². The molecule has 5 rings (SSSR count). The Balaban J connectivity index is 1.54. The summed E-state index contributed by atoms with van der Waals surface area (Å²) in [7, 11) is -4.10. The fraction of sp³-hybridized carbons (Fsp3) is 0.125. The largest absolute Gasteiger partial charge is 0.343 e. The Labute approximate surface area is 201 Å². The summed E-state index contributed by atoms with van der Waals surface area (Å²) in [5, 5.41) is 4.05. The van der Waals surface area contributed by atoms with Crippen molar-refractivity contribution in [3.05, 3.63) is 84.3 Å². The predicted molar refractivity (Wildman–Crippen MR) is 130 cm³/mol. The van der Waals surface area contributed by atoms with Gasteiger partial charge in [0.05, 0.1) is 11.4 Å². The lowest BCUT2D eigenvalue weighted by Gasteiger charge is -2.36. The number of anilines is 2. The number of sulfonamides is 1. The molecule has 1 aliphatic heterocycles. The molecule has 34 heavy (non-hydrogen) atoms. The zero-order chi connectivity index (χ0) is 23.9. The molecule has 3 aromatic carbocycles. The van der Waals surface area contributed by atoms with Crippen LogP contribution in [0.5, 0.6) is 0 Å². The minimum absolute atomic E-state index is 0.0326. The highest BCUT2D eigenvalue weighted by atomic mass is 32.2. The van der Waals surface area contributed by atoms with Crippen molar-refractivity contribution in [2.45, 2.75) is 23.3 Å². The number of amides is 2. The molecule has 0 spiro atoms. The Morgan fingerprint density at radius 2 is 1.62 bits per heavy atom. The summed E-state index contributed by atoms with van der Waals surface area (Å²) in [6.45, 7) is 1.68. The molecule has 0 radical (unpaired) electrons. The van der Waals surface area contributed by atoms with Gasteiger partial charge in [0.2, 0.25) is 11.7 Å². The monoisotopic (exact) mass is 492 g/mol. The quantitative estimate of drug-likeness (QED) is 0.358. The second-order valence-corrected chi connectivity index (χ2v) is 10.3. The molecule has 0 unspecified atom stereocenters. The van der Waals surface area contributed by atoms with E-state index in [1.165, 1.54) is 11.0 Å². The maximum atomic E-state index is 13.6. The highest BCUT2D eigenvalue weighted by molar-refractivity contribution is 7.98. The molecule has 4 aromatic rings. The van der Waals surface area contributed by atoms with Gasteiger partial charge in [-0.2, -0.15) is 9.29 Å². The maximum absolute atomic E-state index is 13.6. The highest BCUT2D eigenvalue weighted by Gasteiger charge is 2.43. The van der Waals surface area contributed by atoms with Crippen LogP contribution in [0.4, 0.5) is 16.2 Å². The Morgan fingerprint density at radius 3 is 2.32 bits per heavy atom. The maximum Gasteiger partial charge on any atom is 0.343 e. The van der Waals surface area contributed by atoms with Gasteiger partial charge in [0, 0.05) is 10.5 Å². The van der Waals surface area contributed by atoms with Crippen molar-refractivity contribution < 1.29 is 17.7 Å². The van der Waals surface area contributed by atoms with Gasteiger partial charge in [-0.05, 0) is 61.2 Å². The normalized spacial score (nSPS) is 14.8. The number of carbonyl (C=O) groups excluding carboxylic acids is 1. The average molecular weight is 493 g/mol. The Kier molecular flexibility index (Phi) is 5.62. The lowest BCUT2D eigenvalue weighted by atomic mass is 10.2. The zero-order valence-corrected chi connectivity index (χ0v) is 20.0. The molecule has 172 valence electrons. The number of carbonyl (C=O) groups is 1. The third-order valence-corrected chi connectivity index (χ3v) is 8.00. The van der Waals surface area contributed by atoms with Crippen LogP contribution in [0.1, 0.15) is 11.5 Å². The topological polar surface area (TPSA) is 96.6 Å². The van der Waals surface area contributed by atoms with Crippen LogP contribution in [0.25, 0.3) is 11.4 Å². The van der Waals surface area contributed by atoms with Crippen LogP contribution in [0, 0.1) is 6.92 Å². The number of thioether (sulfide) groups is 1. The fourth-order valence-electron chi connectivity index (χ4n) is 3.80. The van der Waals surface area contributed by atoms with Gasteiger partial charge in [-0.3, -0.25) is 4.90 Å². The minimum atomic E-state index is -4.10. The van der Waals surface area contributed by atoms with E-state index in [2.05, 4.69) is 10.1 Å². The number of urea groups is 1. The molecule has 0 aliphatic carbocycles. The first kappa shape index (κ1) is 22.2. The smallest absolute Gasteiger partial charge is 0.337 e. The van der Waals surface area contributed by atoms with Crippen molar-refractivity contribution in [2.75, 3.05) is 15.5 Å². The zero-order valence-electron chi connectivity index (χ0n) is 18.4. The first-order valence-electron chi connectivity index (χ1n) is 10.4. The molecule has 2 amide bonds. The summed E-state index contributed by atoms with van der Waals surface area (Å²) in [5.74, 6) is 0.583. The number of hydrogen-bond donors (Lipinski definition) is 0. The number of nitrogens with zero attached hydrogens (tertiary/aromatic N) is 4. The summed E-state index contributed by atoms with van der Waals surface area (Å²) in [6.07, 6.45) is 2.00. The Morgan fingerprint density at radius 1 is 0.941 bits per heavy atom. The number of para-hydroxylation sites is 2. The van der Waals surface area contributed by atoms with Gasteiger partial charge < -0.3 is 4.52 Å². The van der Waals surface area contributed by atoms with Gasteiger partial charge in [0.25, 0.3) is 10.0 Å². The number of aromatic nitrogens is 2. The van der Waals surface area contributed by atoms with Crippen LogP contribution in [0.3, 0.4) is 0 Å². The van der Waals surface area contributed by atoms with E-state index in [9.17, 15) is 13.2 Å². The number of benzene rings is 3. The lowest BCUT2D eigenvalue weighted by molar-refractivity contribution is 0.252. The van der Waals surface area contributed by atoms with Gasteiger partial charge in [0.15, 0.2) is 0 Å². The molecule has 10 heteroatoms. The summed E-state index contributed by atoms with van der Waals surface area (Å²) in [6, 6.07) is 20.3. The molecular formula is C24H20N4O4S2. The molecule has 1 aromatic heterocycles. The molecule has 0 bridgehead atoms. The molecule has 0 fully saturated rings. The highest BCUT2D eigenvalue weighted by Crippen LogP contribution is 2.38. The fourth-order valence-corrected chi connectivity index (χ4v) is 5.87. The third kappa shape index (κ3) is 3.74. The second kappa shape index (κ2) is 8.62. The van der Waals surface area contributed by atoms with Crippen LogP contribution in [-0.2, 0) is 16.6 Å². The van der Waals surface area contributed by atoms with Gasteiger partial charge in [0.1, 0.15) is 11.4 Å². The summed E-state index contributed by atoms with van der Waals surface area (Å²) in [4.78, 5) is 20.5. The van der Waals surface area contributed by atoms with Gasteiger partial charge in [-0.1, -0.05) is 35.5 Å². The number of rotatable bonds is 5.